The monoisotopic (exact) mass is 531 g/mol. The lowest BCUT2D eigenvalue weighted by Crippen LogP contribution is -2.48. The average molecular weight is 532 g/mol. The van der Waals surface area contributed by atoms with Gasteiger partial charge in [-0.2, -0.15) is 0 Å². The van der Waals surface area contributed by atoms with Crippen molar-refractivity contribution in [2.75, 3.05) is 12.4 Å². The van der Waals surface area contributed by atoms with E-state index in [0.717, 1.165) is 10.8 Å². The largest absolute Gasteiger partial charge is 0.379 e. The quantitative estimate of drug-likeness (QED) is 0.179. The number of aliphatic hydroxyl groups is 1. The van der Waals surface area contributed by atoms with Gasteiger partial charge < -0.3 is 10.4 Å². The minimum absolute atomic E-state index is 0.0951. The molecule has 2 fully saturated rings. The Balaban J connectivity index is 1.62. The second-order valence-corrected chi connectivity index (χ2v) is 11.7. The second-order valence-electron chi connectivity index (χ2n) is 9.17. The molecule has 2 bridgehead atoms. The number of amides is 1. The number of halogens is 4. The molecule has 0 radical (unpaired) electrons. The summed E-state index contributed by atoms with van der Waals surface area (Å²) in [5, 5.41) is 21.6. The molecule has 2 aliphatic rings. The highest BCUT2D eigenvalue weighted by molar-refractivity contribution is 7.92. The molecule has 12 heteroatoms. The molecule has 7 nitrogen and oxygen atoms in total. The predicted octanol–water partition coefficient (Wildman–Crippen LogP) is 3.81. The fourth-order valence-corrected chi connectivity index (χ4v) is 8.21. The smallest absolute Gasteiger partial charge is 0.255 e. The Kier molecular flexibility index (Phi) is 6.62. The molecule has 1 unspecified atom stereocenters. The van der Waals surface area contributed by atoms with E-state index in [-0.39, 0.29) is 34.0 Å². The Bertz CT molecular complexity index is 1290. The lowest BCUT2D eigenvalue weighted by atomic mass is 9.78. The summed E-state index contributed by atoms with van der Waals surface area (Å²) in [6, 6.07) is 4.80. The number of carbonyl (C=O) groups is 1. The summed E-state index contributed by atoms with van der Waals surface area (Å²) in [6.45, 7) is 0. The molecule has 0 aromatic heterocycles. The Labute approximate surface area is 204 Å². The number of hydroxylamine groups is 1. The van der Waals surface area contributed by atoms with Crippen molar-refractivity contribution in [1.29, 1.82) is 0 Å². The standard InChI is InChI=1S/C23H22ClF3N2O5S/c1-29(32)11-23(31)9-13-2-3-14(10-23)21(13)35(33,34)19-6-12(4-5-16(19)24)22(30)28-15-7-17(25)20(27)18(26)8-15/h4-8,11,13-14,21,31H,2-3,9-10H2,1H3,(H-,28,30,32)/p+1/b29-11+/t13-,14?,21+,23+/m0/s1. The van der Waals surface area contributed by atoms with Crippen LogP contribution in [0.15, 0.2) is 35.2 Å². The fourth-order valence-electron chi connectivity index (χ4n) is 5.37. The summed E-state index contributed by atoms with van der Waals surface area (Å²) in [5.74, 6) is -6.31. The lowest BCUT2D eigenvalue weighted by Gasteiger charge is -2.37. The number of hydrogen-bond acceptors (Lipinski definition) is 5. The normalized spacial score (nSPS) is 26.6. The summed E-state index contributed by atoms with van der Waals surface area (Å²) < 4.78 is 68.2. The van der Waals surface area contributed by atoms with Gasteiger partial charge in [-0.15, -0.1) is 0 Å². The Morgan fingerprint density at radius 1 is 1.14 bits per heavy atom. The van der Waals surface area contributed by atoms with Crippen molar-refractivity contribution in [1.82, 2.24) is 0 Å². The molecule has 3 N–H and O–H groups in total. The fraction of sp³-hybridized carbons (Fsp3) is 0.391. The van der Waals surface area contributed by atoms with E-state index in [9.17, 15) is 36.7 Å². The maximum atomic E-state index is 13.7. The molecule has 0 aliphatic heterocycles. The van der Waals surface area contributed by atoms with Crippen LogP contribution in [-0.2, 0) is 9.84 Å². The van der Waals surface area contributed by atoms with Crippen molar-refractivity contribution < 1.29 is 41.4 Å². The third-order valence-electron chi connectivity index (χ3n) is 6.60. The Morgan fingerprint density at radius 3 is 2.26 bits per heavy atom. The van der Waals surface area contributed by atoms with Crippen LogP contribution in [0.4, 0.5) is 18.9 Å². The van der Waals surface area contributed by atoms with Crippen LogP contribution >= 0.6 is 11.6 Å². The minimum atomic E-state index is -4.04. The number of sulfone groups is 1. The first-order valence-corrected chi connectivity index (χ1v) is 12.7. The molecule has 188 valence electrons. The first-order chi connectivity index (χ1) is 16.3. The summed E-state index contributed by atoms with van der Waals surface area (Å²) in [5.41, 5.74) is -1.82. The highest BCUT2D eigenvalue weighted by Crippen LogP contribution is 2.51. The molecule has 1 amide bonds. The zero-order valence-corrected chi connectivity index (χ0v) is 20.1. The minimum Gasteiger partial charge on any atom is -0.379 e. The number of rotatable bonds is 5. The molecule has 2 aliphatic carbocycles. The van der Waals surface area contributed by atoms with E-state index in [1.165, 1.54) is 25.4 Å². The van der Waals surface area contributed by atoms with Gasteiger partial charge in [0.25, 0.3) is 5.91 Å². The van der Waals surface area contributed by atoms with Crippen molar-refractivity contribution in [3.05, 3.63) is 58.4 Å². The molecule has 4 rings (SSSR count). The van der Waals surface area contributed by atoms with Gasteiger partial charge in [-0.05, 0) is 60.5 Å². The number of carbonyl (C=O) groups excluding carboxylic acids is 1. The van der Waals surface area contributed by atoms with E-state index >= 15 is 0 Å². The van der Waals surface area contributed by atoms with E-state index in [2.05, 4.69) is 5.32 Å². The van der Waals surface area contributed by atoms with Crippen LogP contribution in [0, 0.1) is 29.3 Å². The first-order valence-electron chi connectivity index (χ1n) is 10.8. The molecule has 35 heavy (non-hydrogen) atoms. The van der Waals surface area contributed by atoms with Crippen LogP contribution in [0.25, 0.3) is 0 Å². The second kappa shape index (κ2) is 9.11. The molecule has 0 spiro atoms. The zero-order valence-electron chi connectivity index (χ0n) is 18.5. The molecular weight excluding hydrogens is 509 g/mol. The van der Waals surface area contributed by atoms with Crippen molar-refractivity contribution in [2.45, 2.75) is 41.4 Å². The van der Waals surface area contributed by atoms with Gasteiger partial charge in [0.2, 0.25) is 6.21 Å². The first kappa shape index (κ1) is 25.5. The summed E-state index contributed by atoms with van der Waals surface area (Å²) in [6.07, 6.45) is 2.68. The Morgan fingerprint density at radius 2 is 1.71 bits per heavy atom. The van der Waals surface area contributed by atoms with E-state index in [0.29, 0.717) is 25.0 Å². The van der Waals surface area contributed by atoms with E-state index in [4.69, 9.17) is 11.6 Å². The van der Waals surface area contributed by atoms with Crippen LogP contribution in [0.3, 0.4) is 0 Å². The molecule has 2 aromatic rings. The van der Waals surface area contributed by atoms with Crippen molar-refractivity contribution in [3.63, 3.8) is 0 Å². The van der Waals surface area contributed by atoms with Crippen molar-refractivity contribution in [3.8, 4) is 0 Å². The maximum Gasteiger partial charge on any atom is 0.255 e. The van der Waals surface area contributed by atoms with Crippen LogP contribution in [-0.4, -0.2) is 53.5 Å². The third kappa shape index (κ3) is 4.89. The summed E-state index contributed by atoms with van der Waals surface area (Å²) in [4.78, 5) is 12.4. The number of benzene rings is 2. The molecule has 2 aromatic carbocycles. The molecular formula is C23H23ClF3N2O5S+. The third-order valence-corrected chi connectivity index (χ3v) is 9.47. The Hall–Kier alpha value is -2.63. The van der Waals surface area contributed by atoms with Crippen LogP contribution in [0.5, 0.6) is 0 Å². The van der Waals surface area contributed by atoms with Crippen LogP contribution in [0.2, 0.25) is 5.02 Å². The molecule has 2 saturated carbocycles. The van der Waals surface area contributed by atoms with E-state index in [1.54, 1.807) is 0 Å². The summed E-state index contributed by atoms with van der Waals surface area (Å²) in [7, 11) is -2.68. The van der Waals surface area contributed by atoms with Gasteiger partial charge >= 0.3 is 0 Å². The number of hydrogen-bond donors (Lipinski definition) is 3. The van der Waals surface area contributed by atoms with Crippen molar-refractivity contribution >= 4 is 39.2 Å². The number of nitrogens with one attached hydrogen (secondary N) is 1. The van der Waals surface area contributed by atoms with Gasteiger partial charge in [0, 0.05) is 23.4 Å². The predicted molar refractivity (Wildman–Crippen MR) is 121 cm³/mol. The highest BCUT2D eigenvalue weighted by atomic mass is 35.5. The highest BCUT2D eigenvalue weighted by Gasteiger charge is 2.55. The van der Waals surface area contributed by atoms with Gasteiger partial charge in [-0.1, -0.05) is 11.6 Å². The molecule has 4 atom stereocenters. The number of nitrogens with zero attached hydrogens (tertiary/aromatic N) is 1. The maximum absolute atomic E-state index is 13.7. The van der Waals surface area contributed by atoms with Crippen LogP contribution in [0.1, 0.15) is 36.0 Å². The van der Waals surface area contributed by atoms with Gasteiger partial charge in [0.15, 0.2) is 34.3 Å². The molecule has 0 heterocycles. The lowest BCUT2D eigenvalue weighted by molar-refractivity contribution is -0.753. The SMILES string of the molecule is C/[N+](O)=C\[C@]1(O)CC2CC[C@@H](C1)[C@H]2S(=O)(=O)c1cc(C(=O)Nc2cc(F)c(F)c(F)c2)ccc1Cl. The van der Waals surface area contributed by atoms with Crippen LogP contribution < -0.4 is 5.32 Å². The zero-order chi connectivity index (χ0) is 25.7. The van der Waals surface area contributed by atoms with Gasteiger partial charge in [0.1, 0.15) is 5.60 Å². The van der Waals surface area contributed by atoms with Gasteiger partial charge in [-0.25, -0.2) is 21.6 Å². The average Bonchev–Trinajstić information content (AvgIpc) is 3.04. The summed E-state index contributed by atoms with van der Waals surface area (Å²) >= 11 is 6.22. The molecule has 0 saturated heterocycles. The van der Waals surface area contributed by atoms with E-state index < -0.39 is 55.9 Å². The van der Waals surface area contributed by atoms with E-state index in [1.807, 2.05) is 0 Å². The van der Waals surface area contributed by atoms with Gasteiger partial charge in [-0.3, -0.25) is 10.0 Å². The number of fused-ring (bicyclic) bond motifs is 2. The van der Waals surface area contributed by atoms with Crippen molar-refractivity contribution in [2.24, 2.45) is 11.8 Å². The van der Waals surface area contributed by atoms with Gasteiger partial charge in [0.05, 0.1) is 15.2 Å². The topological polar surface area (TPSA) is 107 Å². The number of anilines is 1.